The molecule has 6 bridgehead atoms. The molecule has 7 heterocycles. The maximum atomic E-state index is 14.8. The van der Waals surface area contributed by atoms with E-state index in [1.54, 1.807) is 7.11 Å². The number of nitrogens with zero attached hydrogens (tertiary/aromatic N) is 6. The van der Waals surface area contributed by atoms with Gasteiger partial charge in [0.25, 0.3) is 12.3 Å². The molecule has 7 atom stereocenters. The van der Waals surface area contributed by atoms with Gasteiger partial charge in [-0.15, -0.1) is 11.3 Å². The molecule has 4 aromatic rings. The van der Waals surface area contributed by atoms with Gasteiger partial charge in [0.15, 0.2) is 0 Å². The molecule has 3 saturated carbocycles. The van der Waals surface area contributed by atoms with Gasteiger partial charge in [-0.1, -0.05) is 33.8 Å². The molecular formula is C55H72F2N8O8S. The first-order valence-electron chi connectivity index (χ1n) is 26.9. The summed E-state index contributed by atoms with van der Waals surface area (Å²) in [6.07, 6.45) is 3.43. The normalized spacial score (nSPS) is 27.7. The minimum Gasteiger partial charge on any atom is -0.464 e. The third-order valence-electron chi connectivity index (χ3n) is 17.1. The second-order valence-electron chi connectivity index (χ2n) is 23.1. The van der Waals surface area contributed by atoms with E-state index in [1.807, 2.05) is 38.4 Å². The smallest absolute Gasteiger partial charge is 0.324 e. The molecule has 3 saturated heterocycles. The van der Waals surface area contributed by atoms with Crippen LogP contribution in [0.3, 0.4) is 0 Å². The zero-order valence-corrected chi connectivity index (χ0v) is 44.4. The number of anilines is 1. The Hall–Kier alpha value is -4.63. The quantitative estimate of drug-likeness (QED) is 0.121. The first kappa shape index (κ1) is 51.5. The number of fused-ring (bicyclic) bond motifs is 6. The number of amides is 2. The van der Waals surface area contributed by atoms with Crippen LogP contribution in [0.25, 0.3) is 33.4 Å². The van der Waals surface area contributed by atoms with Crippen LogP contribution in [0.1, 0.15) is 102 Å². The maximum Gasteiger partial charge on any atom is 0.324 e. The summed E-state index contributed by atoms with van der Waals surface area (Å²) in [5.74, 6) is -1.70. The number of esters is 1. The number of rotatable bonds is 14. The fourth-order valence-electron chi connectivity index (χ4n) is 12.2. The monoisotopic (exact) mass is 1040 g/mol. The molecule has 74 heavy (non-hydrogen) atoms. The van der Waals surface area contributed by atoms with Crippen molar-refractivity contribution in [2.75, 3.05) is 77.8 Å². The van der Waals surface area contributed by atoms with Crippen molar-refractivity contribution < 1.29 is 46.8 Å². The van der Waals surface area contributed by atoms with Crippen LogP contribution in [0.4, 0.5) is 14.5 Å². The van der Waals surface area contributed by atoms with Crippen LogP contribution in [-0.2, 0) is 51.0 Å². The van der Waals surface area contributed by atoms with Crippen molar-refractivity contribution >= 4 is 45.7 Å². The van der Waals surface area contributed by atoms with Crippen molar-refractivity contribution in [2.45, 2.75) is 129 Å². The number of pyridine rings is 1. The molecule has 16 nitrogen and oxygen atoms in total. The Morgan fingerprint density at radius 1 is 1.01 bits per heavy atom. The average Bonchev–Trinajstić information content (AvgIpc) is 4.24. The number of cyclic esters (lactones) is 1. The highest BCUT2D eigenvalue weighted by Crippen LogP contribution is 2.49. The molecule has 11 rings (SSSR count). The van der Waals surface area contributed by atoms with E-state index in [9.17, 15) is 23.2 Å². The summed E-state index contributed by atoms with van der Waals surface area (Å²) >= 11 is 1.19. The minimum atomic E-state index is -2.86. The summed E-state index contributed by atoms with van der Waals surface area (Å²) in [6.45, 7) is 15.9. The standard InChI is InChI=1S/C55H72F2N8O8S/c1-31-32(2)45(31)50(66)60-47-49(72-26-44(56)57)51-59-42(27-74-51)34-9-12-43-38(20-34)40(24-54(4,5)28-73-53(68)41-8-7-13-65(61-41)52(47)67)48(64(43)18-19-71-37-22-55(23-37)29-70-30-55)39-21-36(25-58-46(39)33(3)69-6)63-16-14-62(15-17-63)35-10-11-35/h9,12,20-21,25,27,31-33,35,37,41,44-45,47,49,61H,7-8,10-11,13-19,22-24,26,28-30H2,1-6H3,(H,60,66)/t31-,32+,33-,41-,45?,47-,49-/m0/s1. The lowest BCUT2D eigenvalue weighted by atomic mass is 9.65. The Kier molecular flexibility index (Phi) is 14.4. The molecule has 2 amide bonds. The lowest BCUT2D eigenvalue weighted by Gasteiger charge is -2.52. The summed E-state index contributed by atoms with van der Waals surface area (Å²) in [5.41, 5.74) is 9.86. The van der Waals surface area contributed by atoms with Crippen molar-refractivity contribution in [1.82, 2.24) is 35.2 Å². The molecule has 0 radical (unpaired) electrons. The number of hydrogen-bond acceptors (Lipinski definition) is 14. The highest BCUT2D eigenvalue weighted by Gasteiger charge is 2.51. The topological polar surface area (TPSA) is 162 Å². The van der Waals surface area contributed by atoms with Crippen LogP contribution in [0.5, 0.6) is 0 Å². The molecule has 3 aliphatic carbocycles. The lowest BCUT2D eigenvalue weighted by Crippen LogP contribution is -2.61. The molecule has 1 spiro atoms. The number of piperazine rings is 1. The van der Waals surface area contributed by atoms with Gasteiger partial charge in [0, 0.05) is 96.6 Å². The molecular weight excluding hydrogens is 971 g/mol. The number of nitrogens with one attached hydrogen (secondary N) is 2. The van der Waals surface area contributed by atoms with E-state index in [0.717, 1.165) is 96.9 Å². The SMILES string of the molecule is CO[C@@H](C)c1ncc(N2CCN(C3CC3)CC2)cc1-c1c2c3cc(ccc3n1CCOC1CC3(COC3)C1)-c1csc(n1)[C@@H](OCC(F)F)[C@H](NC(=O)C1[C@@H](C)[C@H]1C)C(=O)N1CCC[C@H](N1)C(=O)OCC(C)(C)C2. The summed E-state index contributed by atoms with van der Waals surface area (Å²) < 4.78 is 61.1. The summed E-state index contributed by atoms with van der Waals surface area (Å²) in [5, 5.41) is 7.29. The van der Waals surface area contributed by atoms with Gasteiger partial charge >= 0.3 is 5.97 Å². The van der Waals surface area contributed by atoms with Crippen molar-refractivity contribution in [1.29, 1.82) is 0 Å². The number of aromatic nitrogens is 3. The zero-order valence-electron chi connectivity index (χ0n) is 43.6. The Morgan fingerprint density at radius 3 is 2.47 bits per heavy atom. The third kappa shape index (κ3) is 10.3. The van der Waals surface area contributed by atoms with Crippen molar-refractivity contribution in [3.8, 4) is 22.5 Å². The molecule has 6 fully saturated rings. The number of hydrogen-bond donors (Lipinski definition) is 2. The second kappa shape index (κ2) is 20.7. The van der Waals surface area contributed by atoms with Gasteiger partial charge in [-0.25, -0.2) is 19.2 Å². The van der Waals surface area contributed by atoms with E-state index in [-0.39, 0.29) is 59.4 Å². The summed E-state index contributed by atoms with van der Waals surface area (Å²) in [6, 6.07) is 6.92. The second-order valence-corrected chi connectivity index (χ2v) is 24.0. The van der Waals surface area contributed by atoms with E-state index in [2.05, 4.69) is 57.2 Å². The largest absolute Gasteiger partial charge is 0.464 e. The van der Waals surface area contributed by atoms with Gasteiger partial charge in [-0.3, -0.25) is 29.3 Å². The zero-order chi connectivity index (χ0) is 51.6. The van der Waals surface area contributed by atoms with E-state index < -0.39 is 48.5 Å². The van der Waals surface area contributed by atoms with Gasteiger partial charge in [-0.2, -0.15) is 0 Å². The molecule has 1 unspecified atom stereocenters. The number of halogens is 2. The van der Waals surface area contributed by atoms with E-state index in [1.165, 1.54) is 29.2 Å². The van der Waals surface area contributed by atoms with Gasteiger partial charge < -0.3 is 38.5 Å². The molecule has 400 valence electrons. The number of alkyl halides is 2. The Balaban J connectivity index is 1.05. The molecule has 1 aromatic carbocycles. The van der Waals surface area contributed by atoms with Crippen molar-refractivity contribution in [3.63, 3.8) is 0 Å². The average molecular weight is 1040 g/mol. The van der Waals surface area contributed by atoms with Crippen LogP contribution in [0, 0.1) is 28.6 Å². The van der Waals surface area contributed by atoms with Crippen LogP contribution >= 0.6 is 11.3 Å². The number of carbonyl (C=O) groups is 3. The molecule has 19 heteroatoms. The molecule has 2 N–H and O–H groups in total. The van der Waals surface area contributed by atoms with Crippen LogP contribution in [0.2, 0.25) is 0 Å². The number of benzene rings is 1. The first-order chi connectivity index (χ1) is 35.6. The molecule has 3 aromatic heterocycles. The highest BCUT2D eigenvalue weighted by atomic mass is 32.1. The minimum absolute atomic E-state index is 0.0698. The summed E-state index contributed by atoms with van der Waals surface area (Å²) in [7, 11) is 1.71. The number of carbonyl (C=O) groups excluding carboxylic acids is 3. The van der Waals surface area contributed by atoms with Gasteiger partial charge in [-0.05, 0) is 87.5 Å². The molecule has 7 aliphatic rings. The Labute approximate surface area is 436 Å². The summed E-state index contributed by atoms with van der Waals surface area (Å²) in [4.78, 5) is 58.2. The fourth-order valence-corrected chi connectivity index (χ4v) is 13.1. The predicted molar refractivity (Wildman–Crippen MR) is 275 cm³/mol. The van der Waals surface area contributed by atoms with Crippen LogP contribution in [-0.4, -0.2) is 146 Å². The van der Waals surface area contributed by atoms with Crippen molar-refractivity contribution in [3.05, 3.63) is 52.1 Å². The predicted octanol–water partition coefficient (Wildman–Crippen LogP) is 7.34. The lowest BCUT2D eigenvalue weighted by molar-refractivity contribution is -0.209. The van der Waals surface area contributed by atoms with Crippen LogP contribution < -0.4 is 15.6 Å². The Morgan fingerprint density at radius 2 is 1.78 bits per heavy atom. The number of ether oxygens (including phenoxy) is 5. The van der Waals surface area contributed by atoms with Crippen molar-refractivity contribution in [2.24, 2.45) is 28.6 Å². The first-order valence-corrected chi connectivity index (χ1v) is 27.7. The van der Waals surface area contributed by atoms with Gasteiger partial charge in [0.1, 0.15) is 29.8 Å². The molecule has 4 aliphatic heterocycles. The van der Waals surface area contributed by atoms with Gasteiger partial charge in [0.05, 0.1) is 67.6 Å². The maximum absolute atomic E-state index is 14.8. The van der Waals surface area contributed by atoms with E-state index in [0.29, 0.717) is 44.1 Å². The van der Waals surface area contributed by atoms with E-state index in [4.69, 9.17) is 33.7 Å². The van der Waals surface area contributed by atoms with E-state index >= 15 is 0 Å². The Bertz CT molecular complexity index is 2720. The number of hydrazine groups is 1. The van der Waals surface area contributed by atoms with Gasteiger partial charge in [0.2, 0.25) is 5.91 Å². The number of thiazole rings is 1. The third-order valence-corrected chi connectivity index (χ3v) is 18.0. The number of methoxy groups -OCH3 is 1. The highest BCUT2D eigenvalue weighted by molar-refractivity contribution is 7.10. The van der Waals surface area contributed by atoms with Crippen LogP contribution in [0.15, 0.2) is 35.8 Å². The fraction of sp³-hybridized carbons (Fsp3) is 0.655.